The predicted octanol–water partition coefficient (Wildman–Crippen LogP) is 5.10. The van der Waals surface area contributed by atoms with E-state index >= 15 is 0 Å². The SMILES string of the molecule is C=COCC(COC=C)C(CC)COCCOS(=O)(=O)OCCC(F)(F)C(F)(F)C(F)(F)C(F)(F)F. The van der Waals surface area contributed by atoms with Gasteiger partial charge in [0.2, 0.25) is 0 Å². The van der Waals surface area contributed by atoms with Crippen molar-refractivity contribution in [1.29, 1.82) is 0 Å². The van der Waals surface area contributed by atoms with Crippen molar-refractivity contribution in [2.24, 2.45) is 11.8 Å². The molecule has 0 amide bonds. The molecular weight excluding hydrogens is 543 g/mol. The number of hydrogen-bond donors (Lipinski definition) is 0. The maximum atomic E-state index is 13.4. The molecule has 0 heterocycles. The molecule has 0 saturated heterocycles. The highest BCUT2D eigenvalue weighted by Crippen LogP contribution is 2.53. The van der Waals surface area contributed by atoms with Crippen LogP contribution < -0.4 is 0 Å². The summed E-state index contributed by atoms with van der Waals surface area (Å²) in [5.41, 5.74) is 0. The van der Waals surface area contributed by atoms with E-state index in [0.29, 0.717) is 6.42 Å². The van der Waals surface area contributed by atoms with Crippen molar-refractivity contribution in [2.75, 3.05) is 39.6 Å². The molecule has 17 heteroatoms. The zero-order valence-electron chi connectivity index (χ0n) is 19.0. The standard InChI is InChI=1S/C19H27F9O7S/c1-4-14(15(12-31-5-2)13-32-6-3)11-33-9-10-35-36(29,30)34-8-7-16(20,21)17(22,23)18(24,25)19(26,27)28/h5-6,14-15H,2-4,7-13H2,1H3. The lowest BCUT2D eigenvalue weighted by atomic mass is 9.92. The number of hydrogen-bond acceptors (Lipinski definition) is 7. The van der Waals surface area contributed by atoms with Gasteiger partial charge in [0, 0.05) is 12.3 Å². The van der Waals surface area contributed by atoms with E-state index in [-0.39, 0.29) is 38.3 Å². The van der Waals surface area contributed by atoms with Crippen LogP contribution >= 0.6 is 0 Å². The van der Waals surface area contributed by atoms with Crippen molar-refractivity contribution in [3.05, 3.63) is 25.7 Å². The van der Waals surface area contributed by atoms with Crippen molar-refractivity contribution < 1.29 is 70.5 Å². The molecule has 0 aromatic carbocycles. The molecule has 1 atom stereocenters. The van der Waals surface area contributed by atoms with Crippen molar-refractivity contribution >= 4 is 10.4 Å². The smallest absolute Gasteiger partial charge is 0.460 e. The van der Waals surface area contributed by atoms with Gasteiger partial charge >= 0.3 is 34.3 Å². The number of rotatable bonds is 20. The summed E-state index contributed by atoms with van der Waals surface area (Å²) in [6.07, 6.45) is -6.41. The van der Waals surface area contributed by atoms with Gasteiger partial charge in [-0.25, -0.2) is 8.37 Å². The van der Waals surface area contributed by atoms with E-state index in [1.165, 1.54) is 12.5 Å². The Balaban J connectivity index is 4.69. The third-order valence-electron chi connectivity index (χ3n) is 4.69. The number of halogens is 9. The molecule has 0 radical (unpaired) electrons. The minimum absolute atomic E-state index is 0.0845. The van der Waals surface area contributed by atoms with Gasteiger partial charge in [-0.15, -0.1) is 0 Å². The van der Waals surface area contributed by atoms with Crippen LogP contribution in [0.15, 0.2) is 25.7 Å². The second-order valence-corrected chi connectivity index (χ2v) is 8.44. The van der Waals surface area contributed by atoms with Crippen LogP contribution in [0.2, 0.25) is 0 Å². The highest BCUT2D eigenvalue weighted by molar-refractivity contribution is 7.81. The average Bonchev–Trinajstić information content (AvgIpc) is 2.75. The van der Waals surface area contributed by atoms with Gasteiger partial charge in [0.1, 0.15) is 0 Å². The fraction of sp³-hybridized carbons (Fsp3) is 0.789. The van der Waals surface area contributed by atoms with E-state index in [1.807, 2.05) is 6.92 Å². The van der Waals surface area contributed by atoms with Gasteiger partial charge in [-0.2, -0.15) is 47.9 Å². The Morgan fingerprint density at radius 1 is 0.750 bits per heavy atom. The van der Waals surface area contributed by atoms with Gasteiger partial charge in [-0.05, 0) is 5.92 Å². The molecule has 0 spiro atoms. The molecule has 0 aliphatic carbocycles. The first-order valence-corrected chi connectivity index (χ1v) is 11.5. The zero-order chi connectivity index (χ0) is 28.3. The largest absolute Gasteiger partial charge is 0.501 e. The lowest BCUT2D eigenvalue weighted by molar-refractivity contribution is -0.397. The summed E-state index contributed by atoms with van der Waals surface area (Å²) >= 11 is 0. The van der Waals surface area contributed by atoms with Gasteiger partial charge in [-0.3, -0.25) is 0 Å². The molecular formula is C19H27F9O7S. The lowest BCUT2D eigenvalue weighted by Crippen LogP contribution is -2.61. The molecule has 0 aromatic rings. The second kappa shape index (κ2) is 14.3. The summed E-state index contributed by atoms with van der Waals surface area (Å²) in [6, 6.07) is 0. The van der Waals surface area contributed by atoms with E-state index < -0.39 is 54.0 Å². The van der Waals surface area contributed by atoms with Gasteiger partial charge in [0.15, 0.2) is 0 Å². The molecule has 7 nitrogen and oxygen atoms in total. The fourth-order valence-electron chi connectivity index (χ4n) is 2.59. The molecule has 0 bridgehead atoms. The van der Waals surface area contributed by atoms with Gasteiger partial charge in [-0.1, -0.05) is 26.5 Å². The number of ether oxygens (including phenoxy) is 3. The zero-order valence-corrected chi connectivity index (χ0v) is 19.9. The Morgan fingerprint density at radius 3 is 1.69 bits per heavy atom. The molecule has 0 aliphatic heterocycles. The van der Waals surface area contributed by atoms with Crippen LogP contribution in [0.25, 0.3) is 0 Å². The molecule has 0 aromatic heterocycles. The molecule has 0 fully saturated rings. The Bertz CT molecular complexity index is 762. The molecule has 0 N–H and O–H groups in total. The third-order valence-corrected chi connectivity index (χ3v) is 5.60. The van der Waals surface area contributed by atoms with Crippen LogP contribution in [0, 0.1) is 11.8 Å². The first kappa shape index (κ1) is 34.3. The molecule has 214 valence electrons. The maximum Gasteiger partial charge on any atom is 0.460 e. The topological polar surface area (TPSA) is 80.3 Å². The maximum absolute atomic E-state index is 13.4. The molecule has 0 saturated carbocycles. The summed E-state index contributed by atoms with van der Waals surface area (Å²) in [4.78, 5) is 0. The average molecular weight is 570 g/mol. The highest BCUT2D eigenvalue weighted by Gasteiger charge is 2.81. The van der Waals surface area contributed by atoms with Crippen molar-refractivity contribution in [2.45, 2.75) is 43.7 Å². The third kappa shape index (κ3) is 9.97. The van der Waals surface area contributed by atoms with Gasteiger partial charge in [0.05, 0.1) is 52.2 Å². The number of alkyl halides is 9. The van der Waals surface area contributed by atoms with Crippen LogP contribution in [-0.4, -0.2) is 72.0 Å². The summed E-state index contributed by atoms with van der Waals surface area (Å²) < 4.78 is 162. The normalized spacial score (nSPS) is 14.5. The van der Waals surface area contributed by atoms with E-state index in [9.17, 15) is 47.9 Å². The van der Waals surface area contributed by atoms with E-state index in [1.54, 1.807) is 0 Å². The highest BCUT2D eigenvalue weighted by atomic mass is 32.3. The van der Waals surface area contributed by atoms with Crippen LogP contribution in [0.4, 0.5) is 39.5 Å². The van der Waals surface area contributed by atoms with Crippen LogP contribution in [0.3, 0.4) is 0 Å². The molecule has 1 unspecified atom stereocenters. The van der Waals surface area contributed by atoms with Crippen LogP contribution in [0.5, 0.6) is 0 Å². The van der Waals surface area contributed by atoms with Crippen molar-refractivity contribution in [1.82, 2.24) is 0 Å². The molecule has 0 rings (SSSR count). The monoisotopic (exact) mass is 570 g/mol. The lowest BCUT2D eigenvalue weighted by Gasteiger charge is -2.33. The fourth-order valence-corrected chi connectivity index (χ4v) is 3.22. The minimum atomic E-state index is -7.08. The Kier molecular flexibility index (Phi) is 13.6. The summed E-state index contributed by atoms with van der Waals surface area (Å²) in [5.74, 6) is -20.2. The van der Waals surface area contributed by atoms with Gasteiger partial charge in [0.25, 0.3) is 0 Å². The van der Waals surface area contributed by atoms with E-state index in [2.05, 4.69) is 21.5 Å². The molecule has 36 heavy (non-hydrogen) atoms. The quantitative estimate of drug-likeness (QED) is 0.115. The Hall–Kier alpha value is -1.72. The van der Waals surface area contributed by atoms with Crippen LogP contribution in [0.1, 0.15) is 19.8 Å². The minimum Gasteiger partial charge on any atom is -0.501 e. The van der Waals surface area contributed by atoms with E-state index in [0.717, 1.165) is 0 Å². The first-order valence-electron chi connectivity index (χ1n) is 10.2. The molecule has 0 aliphatic rings. The summed E-state index contributed by atoms with van der Waals surface area (Å²) in [5, 5.41) is 0. The van der Waals surface area contributed by atoms with E-state index in [4.69, 9.17) is 14.2 Å². The summed E-state index contributed by atoms with van der Waals surface area (Å²) in [7, 11) is -5.09. The van der Waals surface area contributed by atoms with Crippen molar-refractivity contribution in [3.8, 4) is 0 Å². The predicted molar refractivity (Wildman–Crippen MR) is 107 cm³/mol. The summed E-state index contributed by atoms with van der Waals surface area (Å²) in [6.45, 7) is 6.28. The second-order valence-electron chi connectivity index (χ2n) is 7.16. The van der Waals surface area contributed by atoms with Crippen molar-refractivity contribution in [3.63, 3.8) is 0 Å². The Morgan fingerprint density at radius 2 is 1.25 bits per heavy atom. The van der Waals surface area contributed by atoms with Crippen LogP contribution in [-0.2, 0) is 33.0 Å². The van der Waals surface area contributed by atoms with Gasteiger partial charge < -0.3 is 14.2 Å². The Labute approximate surface area is 202 Å². The first-order chi connectivity index (χ1) is 16.4.